The number of aromatic amines is 2. The van der Waals surface area contributed by atoms with Gasteiger partial charge in [-0.25, -0.2) is 0 Å². The summed E-state index contributed by atoms with van der Waals surface area (Å²) in [4.78, 5) is 15.7. The van der Waals surface area contributed by atoms with E-state index in [1.165, 1.54) is 0 Å². The minimum absolute atomic E-state index is 0.127. The van der Waals surface area contributed by atoms with Crippen LogP contribution in [0.4, 0.5) is 0 Å². The minimum atomic E-state index is -0.223. The van der Waals surface area contributed by atoms with Crippen LogP contribution in [0.1, 0.15) is 34.7 Å². The number of para-hydroxylation sites is 1. The van der Waals surface area contributed by atoms with Crippen LogP contribution in [0.25, 0.3) is 10.9 Å². The van der Waals surface area contributed by atoms with E-state index in [0.717, 1.165) is 27.9 Å². The van der Waals surface area contributed by atoms with Crippen molar-refractivity contribution in [2.45, 2.75) is 19.6 Å². The van der Waals surface area contributed by atoms with Gasteiger partial charge in [0.15, 0.2) is 0 Å². The van der Waals surface area contributed by atoms with E-state index in [-0.39, 0.29) is 11.9 Å². The van der Waals surface area contributed by atoms with Crippen molar-refractivity contribution in [3.63, 3.8) is 0 Å². The van der Waals surface area contributed by atoms with E-state index in [4.69, 9.17) is 4.74 Å². The van der Waals surface area contributed by atoms with E-state index in [1.807, 2.05) is 61.7 Å². The normalized spacial score (nSPS) is 12.0. The Kier molecular flexibility index (Phi) is 4.61. The van der Waals surface area contributed by atoms with Gasteiger partial charge in [0, 0.05) is 11.7 Å². The van der Waals surface area contributed by atoms with Crippen LogP contribution in [-0.2, 0) is 6.61 Å². The molecule has 0 aliphatic carbocycles. The van der Waals surface area contributed by atoms with Gasteiger partial charge in [-0.2, -0.15) is 5.10 Å². The van der Waals surface area contributed by atoms with Gasteiger partial charge >= 0.3 is 0 Å². The van der Waals surface area contributed by atoms with Crippen molar-refractivity contribution in [3.05, 3.63) is 83.8 Å². The summed E-state index contributed by atoms with van der Waals surface area (Å²) in [5.74, 6) is 0.547. The predicted molar refractivity (Wildman–Crippen MR) is 104 cm³/mol. The fraction of sp³-hybridized carbons (Fsp3) is 0.143. The maximum absolute atomic E-state index is 12.5. The van der Waals surface area contributed by atoms with Crippen molar-refractivity contribution in [2.75, 3.05) is 0 Å². The molecule has 27 heavy (non-hydrogen) atoms. The zero-order valence-corrected chi connectivity index (χ0v) is 14.9. The summed E-state index contributed by atoms with van der Waals surface area (Å²) in [6.07, 6.45) is 1.90. The summed E-state index contributed by atoms with van der Waals surface area (Å²) in [5.41, 5.74) is 3.20. The lowest BCUT2D eigenvalue weighted by Gasteiger charge is -2.13. The standard InChI is InChI=1S/C21H20N4O2/c1-14(15-7-8-19-16(11-15)9-10-22-19)23-21(26)20-12-17(24-25-20)13-27-18-5-3-2-4-6-18/h2-12,14,22H,13H2,1H3,(H,23,26)(H,24,25)/t14-/m0/s1. The third kappa shape index (κ3) is 3.84. The molecule has 1 amide bonds. The number of nitrogens with one attached hydrogen (secondary N) is 3. The molecular weight excluding hydrogens is 340 g/mol. The molecule has 0 saturated heterocycles. The Hall–Kier alpha value is -3.54. The molecule has 4 aromatic rings. The van der Waals surface area contributed by atoms with Gasteiger partial charge in [0.2, 0.25) is 0 Å². The highest BCUT2D eigenvalue weighted by Gasteiger charge is 2.15. The maximum atomic E-state index is 12.5. The average Bonchev–Trinajstić information content (AvgIpc) is 3.36. The second-order valence-corrected chi connectivity index (χ2v) is 6.40. The largest absolute Gasteiger partial charge is 0.487 e. The monoisotopic (exact) mass is 360 g/mol. The van der Waals surface area contributed by atoms with Gasteiger partial charge < -0.3 is 15.0 Å². The van der Waals surface area contributed by atoms with E-state index in [2.05, 4.69) is 26.6 Å². The minimum Gasteiger partial charge on any atom is -0.487 e. The highest BCUT2D eigenvalue weighted by atomic mass is 16.5. The van der Waals surface area contributed by atoms with Crippen molar-refractivity contribution in [3.8, 4) is 5.75 Å². The number of rotatable bonds is 6. The zero-order valence-electron chi connectivity index (χ0n) is 14.9. The molecule has 0 unspecified atom stereocenters. The second kappa shape index (κ2) is 7.37. The van der Waals surface area contributed by atoms with E-state index in [1.54, 1.807) is 6.07 Å². The van der Waals surface area contributed by atoms with E-state index in [9.17, 15) is 4.79 Å². The second-order valence-electron chi connectivity index (χ2n) is 6.40. The summed E-state index contributed by atoms with van der Waals surface area (Å²) in [6.45, 7) is 2.28. The fourth-order valence-electron chi connectivity index (χ4n) is 2.92. The van der Waals surface area contributed by atoms with Crippen molar-refractivity contribution in [1.29, 1.82) is 0 Å². The summed E-state index contributed by atoms with van der Waals surface area (Å²) in [7, 11) is 0. The summed E-state index contributed by atoms with van der Waals surface area (Å²) in [6, 6.07) is 19.2. The van der Waals surface area contributed by atoms with Gasteiger partial charge in [0.25, 0.3) is 5.91 Å². The predicted octanol–water partition coefficient (Wildman–Crippen LogP) is 3.96. The first-order valence-corrected chi connectivity index (χ1v) is 8.79. The Morgan fingerprint density at radius 2 is 2.00 bits per heavy atom. The lowest BCUT2D eigenvalue weighted by atomic mass is 10.1. The van der Waals surface area contributed by atoms with E-state index >= 15 is 0 Å². The lowest BCUT2D eigenvalue weighted by molar-refractivity contribution is 0.0935. The van der Waals surface area contributed by atoms with E-state index < -0.39 is 0 Å². The Bertz CT molecular complexity index is 1050. The Labute approximate surface area is 156 Å². The number of nitrogens with zero attached hydrogens (tertiary/aromatic N) is 1. The Balaban J connectivity index is 1.38. The number of ether oxygens (including phenoxy) is 1. The molecule has 6 nitrogen and oxygen atoms in total. The number of hydrogen-bond acceptors (Lipinski definition) is 3. The van der Waals surface area contributed by atoms with Crippen LogP contribution in [0.2, 0.25) is 0 Å². The van der Waals surface area contributed by atoms with Crippen molar-refractivity contribution in [1.82, 2.24) is 20.5 Å². The van der Waals surface area contributed by atoms with E-state index in [0.29, 0.717) is 12.3 Å². The number of aromatic nitrogens is 3. The molecule has 2 aromatic carbocycles. The Morgan fingerprint density at radius 3 is 2.85 bits per heavy atom. The highest BCUT2D eigenvalue weighted by Crippen LogP contribution is 2.20. The fourth-order valence-corrected chi connectivity index (χ4v) is 2.92. The number of fused-ring (bicyclic) bond motifs is 1. The van der Waals surface area contributed by atoms with Crippen LogP contribution in [0.15, 0.2) is 66.9 Å². The molecule has 0 aliphatic rings. The average molecular weight is 360 g/mol. The summed E-state index contributed by atoms with van der Waals surface area (Å²) in [5, 5.41) is 11.0. The molecule has 0 fully saturated rings. The third-order valence-corrected chi connectivity index (χ3v) is 4.43. The molecule has 4 rings (SSSR count). The number of carbonyl (C=O) groups excluding carboxylic acids is 1. The molecule has 136 valence electrons. The van der Waals surface area contributed by atoms with Crippen LogP contribution < -0.4 is 10.1 Å². The highest BCUT2D eigenvalue weighted by molar-refractivity contribution is 5.92. The molecule has 0 spiro atoms. The van der Waals surface area contributed by atoms with Crippen LogP contribution in [0.5, 0.6) is 5.75 Å². The van der Waals surface area contributed by atoms with Gasteiger partial charge in [-0.05, 0) is 54.3 Å². The van der Waals surface area contributed by atoms with Crippen molar-refractivity contribution in [2.24, 2.45) is 0 Å². The van der Waals surface area contributed by atoms with Gasteiger partial charge in [0.05, 0.1) is 11.7 Å². The first-order chi connectivity index (χ1) is 13.2. The molecule has 2 aromatic heterocycles. The van der Waals surface area contributed by atoms with Crippen LogP contribution in [0.3, 0.4) is 0 Å². The van der Waals surface area contributed by atoms with Gasteiger partial charge in [-0.15, -0.1) is 0 Å². The first-order valence-electron chi connectivity index (χ1n) is 8.79. The molecule has 0 saturated carbocycles. The number of carbonyl (C=O) groups is 1. The first kappa shape index (κ1) is 16.9. The molecule has 2 heterocycles. The lowest BCUT2D eigenvalue weighted by Crippen LogP contribution is -2.26. The van der Waals surface area contributed by atoms with Crippen molar-refractivity contribution < 1.29 is 9.53 Å². The van der Waals surface area contributed by atoms with Gasteiger partial charge in [0.1, 0.15) is 18.1 Å². The maximum Gasteiger partial charge on any atom is 0.272 e. The number of hydrogen-bond donors (Lipinski definition) is 3. The number of H-pyrrole nitrogens is 2. The molecule has 3 N–H and O–H groups in total. The third-order valence-electron chi connectivity index (χ3n) is 4.43. The van der Waals surface area contributed by atoms with Crippen LogP contribution >= 0.6 is 0 Å². The molecule has 0 radical (unpaired) electrons. The number of benzene rings is 2. The summed E-state index contributed by atoms with van der Waals surface area (Å²) < 4.78 is 5.66. The summed E-state index contributed by atoms with van der Waals surface area (Å²) >= 11 is 0. The van der Waals surface area contributed by atoms with Gasteiger partial charge in [-0.3, -0.25) is 9.89 Å². The Morgan fingerprint density at radius 1 is 1.15 bits per heavy atom. The van der Waals surface area contributed by atoms with Gasteiger partial charge in [-0.1, -0.05) is 24.3 Å². The molecule has 6 heteroatoms. The van der Waals surface area contributed by atoms with Crippen molar-refractivity contribution >= 4 is 16.8 Å². The molecule has 0 bridgehead atoms. The number of amides is 1. The smallest absolute Gasteiger partial charge is 0.272 e. The quantitative estimate of drug-likeness (QED) is 0.487. The van der Waals surface area contributed by atoms with Crippen LogP contribution in [0, 0.1) is 0 Å². The van der Waals surface area contributed by atoms with Crippen LogP contribution in [-0.4, -0.2) is 21.1 Å². The molecule has 0 aliphatic heterocycles. The molecule has 1 atom stereocenters. The topological polar surface area (TPSA) is 82.8 Å². The molecular formula is C21H20N4O2. The SMILES string of the molecule is C[C@H](NC(=O)c1cc(COc2ccccc2)[nH]n1)c1ccc2[nH]ccc2c1. The zero-order chi connectivity index (χ0) is 18.6.